The van der Waals surface area contributed by atoms with Crippen molar-refractivity contribution >= 4 is 0 Å². The van der Waals surface area contributed by atoms with Crippen molar-refractivity contribution in [2.45, 2.75) is 33.5 Å². The highest BCUT2D eigenvalue weighted by molar-refractivity contribution is 5.14. The highest BCUT2D eigenvalue weighted by atomic mass is 16.7. The van der Waals surface area contributed by atoms with Crippen LogP contribution in [0, 0.1) is 17.3 Å². The van der Waals surface area contributed by atoms with E-state index in [0.717, 1.165) is 25.4 Å². The van der Waals surface area contributed by atoms with Crippen molar-refractivity contribution in [1.29, 1.82) is 0 Å². The monoisotopic (exact) mass is 262 g/mol. The standard InChI is InChI=1S/C16H22O3/c1-11-7-12(2)16(13(3)8-11)9-18-15(19-10-16)14-5-4-6-17-14/h4-7,12-13,15H,8-10H2,1-3H3/t12-,13+,15?,16?/m0/s1. The number of hydrogen-bond donors (Lipinski definition) is 0. The molecule has 2 heterocycles. The molecule has 1 spiro atoms. The molecule has 0 bridgehead atoms. The largest absolute Gasteiger partial charge is 0.464 e. The fraction of sp³-hybridized carbons (Fsp3) is 0.625. The van der Waals surface area contributed by atoms with E-state index in [2.05, 4.69) is 26.8 Å². The Balaban J connectivity index is 1.75. The molecule has 0 amide bonds. The minimum Gasteiger partial charge on any atom is -0.464 e. The molecule has 3 heteroatoms. The Morgan fingerprint density at radius 1 is 1.21 bits per heavy atom. The van der Waals surface area contributed by atoms with Gasteiger partial charge in [0.15, 0.2) is 5.76 Å². The Bertz CT molecular complexity index is 452. The molecular weight excluding hydrogens is 240 g/mol. The van der Waals surface area contributed by atoms with Gasteiger partial charge in [-0.1, -0.05) is 25.5 Å². The van der Waals surface area contributed by atoms with Gasteiger partial charge in [-0.05, 0) is 37.3 Å². The fourth-order valence-corrected chi connectivity index (χ4v) is 3.48. The Kier molecular flexibility index (Phi) is 3.27. The van der Waals surface area contributed by atoms with Crippen LogP contribution < -0.4 is 0 Å². The zero-order valence-electron chi connectivity index (χ0n) is 11.9. The van der Waals surface area contributed by atoms with Gasteiger partial charge in [-0.25, -0.2) is 0 Å². The molecule has 0 saturated carbocycles. The van der Waals surface area contributed by atoms with Crippen LogP contribution >= 0.6 is 0 Å². The van der Waals surface area contributed by atoms with Crippen LogP contribution in [0.5, 0.6) is 0 Å². The zero-order valence-corrected chi connectivity index (χ0v) is 11.9. The van der Waals surface area contributed by atoms with Crippen LogP contribution in [0.25, 0.3) is 0 Å². The normalized spacial score (nSPS) is 39.3. The summed E-state index contributed by atoms with van der Waals surface area (Å²) in [5.41, 5.74) is 1.60. The topological polar surface area (TPSA) is 31.6 Å². The maximum atomic E-state index is 5.95. The molecule has 1 aromatic heterocycles. The summed E-state index contributed by atoms with van der Waals surface area (Å²) in [4.78, 5) is 0. The lowest BCUT2D eigenvalue weighted by molar-refractivity contribution is -0.260. The third-order valence-corrected chi connectivity index (χ3v) is 4.83. The Labute approximate surface area is 114 Å². The van der Waals surface area contributed by atoms with E-state index in [-0.39, 0.29) is 11.7 Å². The van der Waals surface area contributed by atoms with Gasteiger partial charge < -0.3 is 13.9 Å². The van der Waals surface area contributed by atoms with Gasteiger partial charge in [0.25, 0.3) is 0 Å². The van der Waals surface area contributed by atoms with Crippen LogP contribution in [0.3, 0.4) is 0 Å². The predicted octanol–water partition coefficient (Wildman–Crippen LogP) is 3.93. The van der Waals surface area contributed by atoms with Crippen molar-refractivity contribution in [3.8, 4) is 0 Å². The zero-order chi connectivity index (χ0) is 13.5. The summed E-state index contributed by atoms with van der Waals surface area (Å²) in [6.07, 6.45) is 4.83. The molecule has 2 atom stereocenters. The summed E-state index contributed by atoms with van der Waals surface area (Å²) in [6, 6.07) is 3.77. The Hall–Kier alpha value is -1.06. The molecule has 3 nitrogen and oxygen atoms in total. The average Bonchev–Trinajstić information content (AvgIpc) is 2.90. The molecular formula is C16H22O3. The van der Waals surface area contributed by atoms with E-state index >= 15 is 0 Å². The van der Waals surface area contributed by atoms with E-state index in [1.165, 1.54) is 5.57 Å². The molecule has 1 aliphatic heterocycles. The van der Waals surface area contributed by atoms with Gasteiger partial charge in [0.05, 0.1) is 19.5 Å². The van der Waals surface area contributed by atoms with Crippen LogP contribution in [0.1, 0.15) is 39.2 Å². The first kappa shape index (κ1) is 12.9. The van der Waals surface area contributed by atoms with Crippen molar-refractivity contribution in [3.63, 3.8) is 0 Å². The van der Waals surface area contributed by atoms with Gasteiger partial charge in [0, 0.05) is 5.41 Å². The van der Waals surface area contributed by atoms with Crippen molar-refractivity contribution in [1.82, 2.24) is 0 Å². The lowest BCUT2D eigenvalue weighted by Gasteiger charge is -2.49. The third-order valence-electron chi connectivity index (χ3n) is 4.83. The first-order valence-electron chi connectivity index (χ1n) is 7.06. The molecule has 104 valence electrons. The Morgan fingerprint density at radius 3 is 2.53 bits per heavy atom. The molecule has 0 N–H and O–H groups in total. The van der Waals surface area contributed by atoms with Crippen molar-refractivity contribution in [3.05, 3.63) is 35.8 Å². The molecule has 1 saturated heterocycles. The average molecular weight is 262 g/mol. The first-order chi connectivity index (χ1) is 9.12. The number of allylic oxidation sites excluding steroid dienone is 2. The Morgan fingerprint density at radius 2 is 1.95 bits per heavy atom. The minimum atomic E-state index is -0.341. The van der Waals surface area contributed by atoms with Gasteiger partial charge in [0.1, 0.15) is 0 Å². The minimum absolute atomic E-state index is 0.114. The molecule has 1 fully saturated rings. The lowest BCUT2D eigenvalue weighted by Crippen LogP contribution is -2.49. The van der Waals surface area contributed by atoms with Crippen LogP contribution in [0.2, 0.25) is 0 Å². The molecule has 1 aromatic rings. The van der Waals surface area contributed by atoms with E-state index in [9.17, 15) is 0 Å². The second kappa shape index (κ2) is 4.80. The molecule has 0 unspecified atom stereocenters. The fourth-order valence-electron chi connectivity index (χ4n) is 3.48. The highest BCUT2D eigenvalue weighted by Gasteiger charge is 2.47. The van der Waals surface area contributed by atoms with Crippen molar-refractivity contribution in [2.24, 2.45) is 17.3 Å². The summed E-state index contributed by atoms with van der Waals surface area (Å²) in [5, 5.41) is 0. The van der Waals surface area contributed by atoms with Crippen LogP contribution in [-0.2, 0) is 9.47 Å². The summed E-state index contributed by atoms with van der Waals surface area (Å²) in [5.74, 6) is 1.84. The smallest absolute Gasteiger partial charge is 0.217 e. The molecule has 2 aliphatic rings. The van der Waals surface area contributed by atoms with Crippen molar-refractivity contribution < 1.29 is 13.9 Å². The molecule has 3 rings (SSSR count). The van der Waals surface area contributed by atoms with Gasteiger partial charge in [-0.3, -0.25) is 0 Å². The van der Waals surface area contributed by atoms with Gasteiger partial charge in [-0.2, -0.15) is 0 Å². The van der Waals surface area contributed by atoms with Crippen LogP contribution in [0.4, 0.5) is 0 Å². The maximum Gasteiger partial charge on any atom is 0.217 e. The second-order valence-corrected chi connectivity index (χ2v) is 6.11. The van der Waals surface area contributed by atoms with Gasteiger partial charge >= 0.3 is 0 Å². The molecule has 0 radical (unpaired) electrons. The summed E-state index contributed by atoms with van der Waals surface area (Å²) in [7, 11) is 0. The second-order valence-electron chi connectivity index (χ2n) is 6.11. The number of furan rings is 1. The maximum absolute atomic E-state index is 5.95. The summed E-state index contributed by atoms with van der Waals surface area (Å²) in [6.45, 7) is 8.29. The van der Waals surface area contributed by atoms with E-state index in [0.29, 0.717) is 11.8 Å². The molecule has 19 heavy (non-hydrogen) atoms. The highest BCUT2D eigenvalue weighted by Crippen LogP contribution is 2.48. The summed E-state index contributed by atoms with van der Waals surface area (Å²) >= 11 is 0. The van der Waals surface area contributed by atoms with Crippen LogP contribution in [0.15, 0.2) is 34.5 Å². The van der Waals surface area contributed by atoms with E-state index in [4.69, 9.17) is 13.9 Å². The predicted molar refractivity (Wildman–Crippen MR) is 72.5 cm³/mol. The SMILES string of the molecule is CC1=C[C@H](C)C2(COC(c3ccco3)OC2)[C@H](C)C1. The quantitative estimate of drug-likeness (QED) is 0.718. The lowest BCUT2D eigenvalue weighted by atomic mass is 9.63. The number of ether oxygens (including phenoxy) is 2. The first-order valence-corrected chi connectivity index (χ1v) is 7.06. The van der Waals surface area contributed by atoms with Crippen molar-refractivity contribution in [2.75, 3.05) is 13.2 Å². The van der Waals surface area contributed by atoms with Gasteiger partial charge in [0.2, 0.25) is 6.29 Å². The van der Waals surface area contributed by atoms with E-state index < -0.39 is 0 Å². The van der Waals surface area contributed by atoms with E-state index in [1.54, 1.807) is 6.26 Å². The summed E-state index contributed by atoms with van der Waals surface area (Å²) < 4.78 is 17.3. The number of hydrogen-bond acceptors (Lipinski definition) is 3. The number of rotatable bonds is 1. The third kappa shape index (κ3) is 2.15. The molecule has 1 aliphatic carbocycles. The van der Waals surface area contributed by atoms with Gasteiger partial charge in [-0.15, -0.1) is 0 Å². The van der Waals surface area contributed by atoms with E-state index in [1.807, 2.05) is 12.1 Å². The molecule has 0 aromatic carbocycles. The van der Waals surface area contributed by atoms with Crippen LogP contribution in [-0.4, -0.2) is 13.2 Å².